The van der Waals surface area contributed by atoms with Gasteiger partial charge in [0.1, 0.15) is 0 Å². The van der Waals surface area contributed by atoms with Crippen LogP contribution in [0.15, 0.2) is 36.5 Å². The van der Waals surface area contributed by atoms with Crippen LogP contribution in [0.4, 0.5) is 0 Å². The number of hydrogen-bond donors (Lipinski definition) is 3. The van der Waals surface area contributed by atoms with Crippen LogP contribution in [0.2, 0.25) is 0 Å². The molecular formula is C62H117NO5. The van der Waals surface area contributed by atoms with Crippen LogP contribution in [-0.4, -0.2) is 47.4 Å². The molecule has 0 spiro atoms. The van der Waals surface area contributed by atoms with Gasteiger partial charge < -0.3 is 20.3 Å². The maximum atomic E-state index is 12.5. The molecule has 0 aliphatic carbocycles. The fourth-order valence-corrected chi connectivity index (χ4v) is 9.30. The molecule has 2 atom stereocenters. The van der Waals surface area contributed by atoms with Gasteiger partial charge in [-0.3, -0.25) is 9.59 Å². The standard InChI is InChI=1S/C62H117NO5/c1-3-5-7-9-11-13-15-17-19-27-30-34-38-42-46-50-54-60(65)59(58-64)63-61(66)55-51-47-43-39-35-31-28-25-23-21-20-22-24-26-29-33-37-41-45-49-53-57-68-62(67)56-52-48-44-40-36-32-18-16-14-12-10-8-6-4-2/h33,37,45,49-50,54,59-60,64-65H,3-32,34-36,38-44,46-48,51-53,55-58H2,1-2H3,(H,63,66)/b37-33-,49-45-,54-50+. The molecule has 0 fully saturated rings. The average molecular weight is 957 g/mol. The Morgan fingerprint density at radius 1 is 0.412 bits per heavy atom. The summed E-state index contributed by atoms with van der Waals surface area (Å²) >= 11 is 0. The normalized spacial score (nSPS) is 12.8. The molecule has 0 saturated heterocycles. The first-order chi connectivity index (χ1) is 33.5. The van der Waals surface area contributed by atoms with Gasteiger partial charge in [-0.25, -0.2) is 0 Å². The molecular weight excluding hydrogens is 839 g/mol. The Morgan fingerprint density at radius 2 is 0.735 bits per heavy atom. The Kier molecular flexibility index (Phi) is 56.0. The molecule has 68 heavy (non-hydrogen) atoms. The molecule has 3 N–H and O–H groups in total. The molecule has 0 heterocycles. The Morgan fingerprint density at radius 3 is 1.12 bits per heavy atom. The summed E-state index contributed by atoms with van der Waals surface area (Å²) in [6.07, 6.45) is 71.9. The van der Waals surface area contributed by atoms with Crippen molar-refractivity contribution in [3.63, 3.8) is 0 Å². The van der Waals surface area contributed by atoms with Gasteiger partial charge in [0.25, 0.3) is 0 Å². The summed E-state index contributed by atoms with van der Waals surface area (Å²) in [5, 5.41) is 23.1. The van der Waals surface area contributed by atoms with Gasteiger partial charge in [-0.1, -0.05) is 294 Å². The number of ether oxygens (including phenoxy) is 1. The molecule has 6 nitrogen and oxygen atoms in total. The Bertz CT molecular complexity index is 1100. The number of rotatable bonds is 56. The minimum absolute atomic E-state index is 0.0336. The van der Waals surface area contributed by atoms with Crippen molar-refractivity contribution in [1.29, 1.82) is 0 Å². The zero-order chi connectivity index (χ0) is 49.3. The number of aliphatic hydroxyl groups excluding tert-OH is 2. The summed E-state index contributed by atoms with van der Waals surface area (Å²) in [6.45, 7) is 4.81. The van der Waals surface area contributed by atoms with Crippen LogP contribution < -0.4 is 5.32 Å². The van der Waals surface area contributed by atoms with E-state index in [4.69, 9.17) is 4.74 Å². The van der Waals surface area contributed by atoms with Crippen molar-refractivity contribution in [2.45, 2.75) is 334 Å². The van der Waals surface area contributed by atoms with Gasteiger partial charge in [-0.2, -0.15) is 0 Å². The van der Waals surface area contributed by atoms with Crippen molar-refractivity contribution in [3.8, 4) is 0 Å². The molecule has 2 unspecified atom stereocenters. The van der Waals surface area contributed by atoms with Crippen molar-refractivity contribution in [3.05, 3.63) is 36.5 Å². The third-order valence-corrected chi connectivity index (χ3v) is 13.9. The molecule has 6 heteroatoms. The number of esters is 1. The fourth-order valence-electron chi connectivity index (χ4n) is 9.30. The summed E-state index contributed by atoms with van der Waals surface area (Å²) in [7, 11) is 0. The molecule has 0 rings (SSSR count). The van der Waals surface area contributed by atoms with Crippen LogP contribution in [0.3, 0.4) is 0 Å². The van der Waals surface area contributed by atoms with Crippen LogP contribution in [0.25, 0.3) is 0 Å². The molecule has 0 radical (unpaired) electrons. The number of carbonyl (C=O) groups is 2. The van der Waals surface area contributed by atoms with Crippen molar-refractivity contribution < 1.29 is 24.5 Å². The summed E-state index contributed by atoms with van der Waals surface area (Å²) in [5.41, 5.74) is 0. The lowest BCUT2D eigenvalue weighted by atomic mass is 10.0. The van der Waals surface area contributed by atoms with Gasteiger partial charge >= 0.3 is 5.97 Å². The molecule has 0 aromatic heterocycles. The van der Waals surface area contributed by atoms with E-state index < -0.39 is 12.1 Å². The van der Waals surface area contributed by atoms with E-state index in [0.29, 0.717) is 19.4 Å². The second-order valence-electron chi connectivity index (χ2n) is 20.7. The van der Waals surface area contributed by atoms with Crippen LogP contribution in [0, 0.1) is 0 Å². The topological polar surface area (TPSA) is 95.9 Å². The molecule has 0 aliphatic rings. The summed E-state index contributed by atoms with van der Waals surface area (Å²) in [6, 6.07) is -0.632. The monoisotopic (exact) mass is 956 g/mol. The number of nitrogens with one attached hydrogen (secondary N) is 1. The van der Waals surface area contributed by atoms with Crippen molar-refractivity contribution in [1.82, 2.24) is 5.32 Å². The van der Waals surface area contributed by atoms with Crippen molar-refractivity contribution in [2.75, 3.05) is 13.2 Å². The number of unbranched alkanes of at least 4 members (excludes halogenated alkanes) is 41. The first-order valence-electron chi connectivity index (χ1n) is 30.3. The van der Waals surface area contributed by atoms with Gasteiger partial charge in [0.05, 0.1) is 25.4 Å². The molecule has 0 aliphatic heterocycles. The van der Waals surface area contributed by atoms with E-state index in [-0.39, 0.29) is 18.5 Å². The smallest absolute Gasteiger partial charge is 0.305 e. The fraction of sp³-hybridized carbons (Fsp3) is 0.871. The van der Waals surface area contributed by atoms with E-state index in [1.54, 1.807) is 6.08 Å². The third kappa shape index (κ3) is 53.4. The Hall–Kier alpha value is -1.92. The highest BCUT2D eigenvalue weighted by molar-refractivity contribution is 5.76. The maximum Gasteiger partial charge on any atom is 0.305 e. The Labute approximate surface area is 424 Å². The molecule has 400 valence electrons. The molecule has 0 aromatic rings. The number of hydrogen-bond acceptors (Lipinski definition) is 5. The van der Waals surface area contributed by atoms with Gasteiger partial charge in [-0.05, 0) is 51.4 Å². The summed E-state index contributed by atoms with van der Waals surface area (Å²) < 4.78 is 5.42. The van der Waals surface area contributed by atoms with Crippen LogP contribution in [0.1, 0.15) is 322 Å². The molecule has 0 bridgehead atoms. The highest BCUT2D eigenvalue weighted by Gasteiger charge is 2.18. The van der Waals surface area contributed by atoms with E-state index in [2.05, 4.69) is 43.5 Å². The zero-order valence-electron chi connectivity index (χ0n) is 45.6. The van der Waals surface area contributed by atoms with E-state index in [1.165, 1.54) is 244 Å². The summed E-state index contributed by atoms with van der Waals surface area (Å²) in [4.78, 5) is 24.5. The minimum Gasteiger partial charge on any atom is -0.465 e. The van der Waals surface area contributed by atoms with Crippen LogP contribution >= 0.6 is 0 Å². The van der Waals surface area contributed by atoms with E-state index in [0.717, 1.165) is 51.4 Å². The van der Waals surface area contributed by atoms with Gasteiger partial charge in [-0.15, -0.1) is 0 Å². The zero-order valence-corrected chi connectivity index (χ0v) is 45.6. The number of carbonyl (C=O) groups excluding carboxylic acids is 2. The molecule has 0 saturated carbocycles. The SMILES string of the molecule is CCCCCCCCCCCCCCCC/C=C/C(O)C(CO)NC(=O)CCCCCCCCCCCCCCCC/C=C\C/C=C\CCOC(=O)CCCCCCCCCCCCCCCC. The van der Waals surface area contributed by atoms with Crippen LogP contribution in [-0.2, 0) is 14.3 Å². The average Bonchev–Trinajstić information content (AvgIpc) is 3.34. The second kappa shape index (κ2) is 57.7. The first kappa shape index (κ1) is 66.1. The quantitative estimate of drug-likeness (QED) is 0.0321. The third-order valence-electron chi connectivity index (χ3n) is 13.9. The van der Waals surface area contributed by atoms with Crippen molar-refractivity contribution >= 4 is 11.9 Å². The summed E-state index contributed by atoms with van der Waals surface area (Å²) in [5.74, 6) is -0.105. The van der Waals surface area contributed by atoms with Gasteiger partial charge in [0.2, 0.25) is 5.91 Å². The molecule has 0 aromatic carbocycles. The lowest BCUT2D eigenvalue weighted by molar-refractivity contribution is -0.143. The highest BCUT2D eigenvalue weighted by atomic mass is 16.5. The van der Waals surface area contributed by atoms with Gasteiger partial charge in [0.15, 0.2) is 0 Å². The lowest BCUT2D eigenvalue weighted by Crippen LogP contribution is -2.45. The number of allylic oxidation sites excluding steroid dienone is 4. The largest absolute Gasteiger partial charge is 0.465 e. The predicted octanol–water partition coefficient (Wildman–Crippen LogP) is 18.8. The van der Waals surface area contributed by atoms with Crippen molar-refractivity contribution in [2.24, 2.45) is 0 Å². The Balaban J connectivity index is 3.47. The minimum atomic E-state index is -0.848. The maximum absolute atomic E-state index is 12.5. The molecule has 1 amide bonds. The number of amides is 1. The van der Waals surface area contributed by atoms with Gasteiger partial charge in [0, 0.05) is 12.8 Å². The lowest BCUT2D eigenvalue weighted by Gasteiger charge is -2.20. The van der Waals surface area contributed by atoms with E-state index in [9.17, 15) is 19.8 Å². The first-order valence-corrected chi connectivity index (χ1v) is 30.3. The highest BCUT2D eigenvalue weighted by Crippen LogP contribution is 2.17. The predicted molar refractivity (Wildman–Crippen MR) is 296 cm³/mol. The van der Waals surface area contributed by atoms with E-state index >= 15 is 0 Å². The van der Waals surface area contributed by atoms with E-state index in [1.807, 2.05) is 6.08 Å². The van der Waals surface area contributed by atoms with Crippen LogP contribution in [0.5, 0.6) is 0 Å². The number of aliphatic hydroxyl groups is 2. The second-order valence-corrected chi connectivity index (χ2v) is 20.7.